The lowest BCUT2D eigenvalue weighted by atomic mass is 9.96. The molecule has 0 spiro atoms. The van der Waals surface area contributed by atoms with E-state index in [1.807, 2.05) is 0 Å². The third-order valence-electron chi connectivity index (χ3n) is 5.12. The smallest absolute Gasteiger partial charge is 0.220 e. The molecule has 1 amide bonds. The minimum absolute atomic E-state index is 0.0213. The van der Waals surface area contributed by atoms with Crippen LogP contribution in [0.1, 0.15) is 45.4 Å². The SMILES string of the molecule is CCCCOCCNC(=O)CCCCCOC1OC(CO)C2BC2C1O. The first-order valence-electron chi connectivity index (χ1n) is 10.1. The van der Waals surface area contributed by atoms with Crippen molar-refractivity contribution in [3.05, 3.63) is 0 Å². The first-order chi connectivity index (χ1) is 12.7. The van der Waals surface area contributed by atoms with Gasteiger partial charge in [0.05, 0.1) is 19.3 Å². The van der Waals surface area contributed by atoms with Crippen molar-refractivity contribution in [2.24, 2.45) is 0 Å². The Kier molecular flexibility index (Phi) is 9.92. The predicted octanol–water partition coefficient (Wildman–Crippen LogP) is 0.601. The van der Waals surface area contributed by atoms with Crippen LogP contribution in [-0.2, 0) is 19.0 Å². The van der Waals surface area contributed by atoms with E-state index in [1.165, 1.54) is 0 Å². The molecule has 2 aliphatic heterocycles. The third kappa shape index (κ3) is 7.16. The highest BCUT2D eigenvalue weighted by Gasteiger charge is 2.56. The molecule has 0 aliphatic carbocycles. The Labute approximate surface area is 157 Å². The summed E-state index contributed by atoms with van der Waals surface area (Å²) in [6, 6.07) is 0. The van der Waals surface area contributed by atoms with E-state index >= 15 is 0 Å². The van der Waals surface area contributed by atoms with Gasteiger partial charge in [0.25, 0.3) is 0 Å². The van der Waals surface area contributed by atoms with Crippen LogP contribution in [0.2, 0.25) is 11.6 Å². The maximum absolute atomic E-state index is 11.7. The summed E-state index contributed by atoms with van der Waals surface area (Å²) in [6.07, 6.45) is 3.77. The summed E-state index contributed by atoms with van der Waals surface area (Å²) < 4.78 is 16.7. The molecule has 150 valence electrons. The Hall–Kier alpha value is -0.665. The second kappa shape index (κ2) is 11.9. The van der Waals surface area contributed by atoms with Crippen molar-refractivity contribution in [2.45, 2.75) is 75.6 Å². The van der Waals surface area contributed by atoms with E-state index in [4.69, 9.17) is 14.2 Å². The maximum atomic E-state index is 11.7. The Balaban J connectivity index is 1.42. The zero-order valence-corrected chi connectivity index (χ0v) is 15.9. The van der Waals surface area contributed by atoms with E-state index in [0.29, 0.717) is 26.2 Å². The molecular formula is C18H34BNO6. The minimum Gasteiger partial charge on any atom is -0.394 e. The number of aliphatic hydroxyl groups is 2. The summed E-state index contributed by atoms with van der Waals surface area (Å²) >= 11 is 0. The Bertz CT molecular complexity index is 413. The van der Waals surface area contributed by atoms with Gasteiger partial charge in [-0.15, -0.1) is 0 Å². The van der Waals surface area contributed by atoms with Crippen molar-refractivity contribution in [3.8, 4) is 0 Å². The van der Waals surface area contributed by atoms with Crippen molar-refractivity contribution in [1.82, 2.24) is 5.32 Å². The third-order valence-corrected chi connectivity index (χ3v) is 5.12. The summed E-state index contributed by atoms with van der Waals surface area (Å²) in [7, 11) is 0.908. The highest BCUT2D eigenvalue weighted by molar-refractivity contribution is 6.54. The first-order valence-corrected chi connectivity index (χ1v) is 10.1. The lowest BCUT2D eigenvalue weighted by molar-refractivity contribution is -0.236. The van der Waals surface area contributed by atoms with Gasteiger partial charge in [-0.1, -0.05) is 19.8 Å². The Morgan fingerprint density at radius 3 is 2.77 bits per heavy atom. The summed E-state index contributed by atoms with van der Waals surface area (Å²) in [5, 5.41) is 22.3. The highest BCUT2D eigenvalue weighted by atomic mass is 16.7. The highest BCUT2D eigenvalue weighted by Crippen LogP contribution is 2.52. The van der Waals surface area contributed by atoms with Crippen molar-refractivity contribution < 1.29 is 29.2 Å². The standard InChI is InChI=1S/C18H34BNO6/c1-2-3-9-24-11-8-20-14(22)7-5-4-6-10-25-18-17(23)16-15(19-16)13(12-21)26-18/h13,15-19,21,23H,2-12H2,1H3,(H,20,22). The number of fused-ring (bicyclic) bond motifs is 1. The maximum Gasteiger partial charge on any atom is 0.220 e. The number of ether oxygens (including phenoxy) is 3. The molecule has 26 heavy (non-hydrogen) atoms. The molecule has 2 fully saturated rings. The molecule has 0 aromatic heterocycles. The van der Waals surface area contributed by atoms with E-state index in [1.54, 1.807) is 0 Å². The first kappa shape index (κ1) is 21.6. The van der Waals surface area contributed by atoms with Crippen molar-refractivity contribution in [3.63, 3.8) is 0 Å². The van der Waals surface area contributed by atoms with Gasteiger partial charge in [0, 0.05) is 26.2 Å². The molecule has 0 aromatic carbocycles. The van der Waals surface area contributed by atoms with Gasteiger partial charge in [0.2, 0.25) is 5.91 Å². The largest absolute Gasteiger partial charge is 0.394 e. The molecule has 8 heteroatoms. The van der Waals surface area contributed by atoms with Crippen molar-refractivity contribution >= 4 is 13.2 Å². The molecule has 0 bridgehead atoms. The topological polar surface area (TPSA) is 97.3 Å². The number of carbonyl (C=O) groups is 1. The molecule has 2 aliphatic rings. The molecule has 2 heterocycles. The van der Waals surface area contributed by atoms with Gasteiger partial charge in [-0.25, -0.2) is 0 Å². The quantitative estimate of drug-likeness (QED) is 0.306. The molecule has 2 saturated heterocycles. The predicted molar refractivity (Wildman–Crippen MR) is 99.6 cm³/mol. The Morgan fingerprint density at radius 1 is 1.15 bits per heavy atom. The number of hydrogen-bond donors (Lipinski definition) is 3. The summed E-state index contributed by atoms with van der Waals surface area (Å²) in [6.45, 7) is 4.48. The van der Waals surface area contributed by atoms with E-state index < -0.39 is 12.4 Å². The van der Waals surface area contributed by atoms with Gasteiger partial charge in [-0.05, 0) is 30.9 Å². The van der Waals surface area contributed by atoms with Crippen LogP contribution >= 0.6 is 0 Å². The lowest BCUT2D eigenvalue weighted by Gasteiger charge is -2.33. The lowest BCUT2D eigenvalue weighted by Crippen LogP contribution is -2.41. The van der Waals surface area contributed by atoms with Crippen molar-refractivity contribution in [1.29, 1.82) is 0 Å². The molecule has 2 rings (SSSR count). The molecule has 0 aromatic rings. The molecule has 3 N–H and O–H groups in total. The number of rotatable bonds is 14. The zero-order valence-electron chi connectivity index (χ0n) is 15.9. The van der Waals surface area contributed by atoms with E-state index in [-0.39, 0.29) is 30.3 Å². The van der Waals surface area contributed by atoms with Crippen LogP contribution in [-0.4, -0.2) is 74.9 Å². The van der Waals surface area contributed by atoms with Crippen LogP contribution in [0.3, 0.4) is 0 Å². The van der Waals surface area contributed by atoms with Crippen LogP contribution in [0.4, 0.5) is 0 Å². The van der Waals surface area contributed by atoms with E-state index in [0.717, 1.165) is 46.0 Å². The van der Waals surface area contributed by atoms with E-state index in [9.17, 15) is 15.0 Å². The van der Waals surface area contributed by atoms with Gasteiger partial charge in [-0.2, -0.15) is 0 Å². The molecule has 5 unspecified atom stereocenters. The van der Waals surface area contributed by atoms with Crippen LogP contribution in [0, 0.1) is 0 Å². The average Bonchev–Trinajstić information content (AvgIpc) is 3.44. The Morgan fingerprint density at radius 2 is 2.00 bits per heavy atom. The second-order valence-corrected chi connectivity index (χ2v) is 7.28. The molecule has 7 nitrogen and oxygen atoms in total. The monoisotopic (exact) mass is 371 g/mol. The van der Waals surface area contributed by atoms with Crippen LogP contribution in [0.15, 0.2) is 0 Å². The van der Waals surface area contributed by atoms with Crippen LogP contribution in [0.5, 0.6) is 0 Å². The van der Waals surface area contributed by atoms with Crippen LogP contribution in [0.25, 0.3) is 0 Å². The zero-order chi connectivity index (χ0) is 18.8. The fourth-order valence-electron chi connectivity index (χ4n) is 3.39. The van der Waals surface area contributed by atoms with Crippen molar-refractivity contribution in [2.75, 3.05) is 33.0 Å². The molecule has 0 radical (unpaired) electrons. The summed E-state index contributed by atoms with van der Waals surface area (Å²) in [5.41, 5.74) is 0. The van der Waals surface area contributed by atoms with Gasteiger partial charge >= 0.3 is 0 Å². The summed E-state index contributed by atoms with van der Waals surface area (Å²) in [4.78, 5) is 11.7. The van der Waals surface area contributed by atoms with Gasteiger partial charge in [0.1, 0.15) is 13.4 Å². The van der Waals surface area contributed by atoms with Crippen LogP contribution < -0.4 is 5.32 Å². The summed E-state index contributed by atoms with van der Waals surface area (Å²) in [5.74, 6) is 0.549. The molecular weight excluding hydrogens is 337 g/mol. The van der Waals surface area contributed by atoms with Gasteiger partial charge in [-0.3, -0.25) is 4.79 Å². The van der Waals surface area contributed by atoms with E-state index in [2.05, 4.69) is 12.2 Å². The number of aliphatic hydroxyl groups excluding tert-OH is 2. The molecule has 5 atom stereocenters. The minimum atomic E-state index is -0.632. The number of hydrogen-bond acceptors (Lipinski definition) is 6. The van der Waals surface area contributed by atoms with Gasteiger partial charge in [0.15, 0.2) is 6.29 Å². The number of nitrogens with one attached hydrogen (secondary N) is 1. The average molecular weight is 371 g/mol. The normalized spacial score (nSPS) is 29.7. The van der Waals surface area contributed by atoms with Gasteiger partial charge < -0.3 is 29.7 Å². The fraction of sp³-hybridized carbons (Fsp3) is 0.944. The number of unbranched alkanes of at least 4 members (excludes halogenated alkanes) is 3. The number of carbonyl (C=O) groups excluding carboxylic acids is 1. The fourth-order valence-corrected chi connectivity index (χ4v) is 3.39. The second-order valence-electron chi connectivity index (χ2n) is 7.28. The number of amides is 1. The molecule has 0 saturated carbocycles.